The Bertz CT molecular complexity index is 637. The van der Waals surface area contributed by atoms with Crippen molar-refractivity contribution in [3.05, 3.63) is 17.3 Å². The molecule has 0 spiro atoms. The van der Waals surface area contributed by atoms with Crippen molar-refractivity contribution in [2.75, 3.05) is 26.4 Å². The average Bonchev–Trinajstić information content (AvgIpc) is 2.73. The molecule has 0 aromatic carbocycles. The normalized spacial score (nSPS) is 10.4. The molecule has 100 valence electrons. The van der Waals surface area contributed by atoms with Crippen molar-refractivity contribution in [1.82, 2.24) is 20.2 Å². The highest BCUT2D eigenvalue weighted by Gasteiger charge is 2.18. The smallest absolute Gasteiger partial charge is 0.264 e. The van der Waals surface area contributed by atoms with E-state index in [-0.39, 0.29) is 12.5 Å². The van der Waals surface area contributed by atoms with Crippen molar-refractivity contribution in [3.63, 3.8) is 0 Å². The minimum Gasteiger partial charge on any atom is -0.396 e. The van der Waals surface area contributed by atoms with Gasteiger partial charge in [-0.05, 0) is 0 Å². The van der Waals surface area contributed by atoms with E-state index in [9.17, 15) is 9.59 Å². The molecule has 0 aliphatic heterocycles. The van der Waals surface area contributed by atoms with Crippen LogP contribution < -0.4 is 11.1 Å². The number of fused-ring (bicyclic) bond motifs is 1. The topological polar surface area (TPSA) is 101 Å². The number of nitrogens with two attached hydrogens (primary N) is 1. The lowest BCUT2D eigenvalue weighted by atomic mass is 10.3. The number of aromatic nitrogens is 2. The highest BCUT2D eigenvalue weighted by Crippen LogP contribution is 2.30. The summed E-state index contributed by atoms with van der Waals surface area (Å²) in [6.45, 7) is -0.0691. The van der Waals surface area contributed by atoms with E-state index in [1.54, 1.807) is 14.1 Å². The highest BCUT2D eigenvalue weighted by atomic mass is 32.1. The third kappa shape index (κ3) is 2.63. The third-order valence-electron chi connectivity index (χ3n) is 2.47. The SMILES string of the molecule is CN(C)C(=O)CNC(=O)c1sc2nccnc2c1N. The van der Waals surface area contributed by atoms with Crippen LogP contribution in [0.2, 0.25) is 0 Å². The minimum atomic E-state index is -0.391. The molecule has 7 nitrogen and oxygen atoms in total. The molecule has 0 fully saturated rings. The van der Waals surface area contributed by atoms with Gasteiger partial charge >= 0.3 is 0 Å². The Labute approximate surface area is 113 Å². The maximum atomic E-state index is 12.0. The molecule has 2 aromatic heterocycles. The van der Waals surface area contributed by atoms with E-state index in [4.69, 9.17) is 5.73 Å². The molecule has 0 atom stereocenters. The van der Waals surface area contributed by atoms with Crippen molar-refractivity contribution in [2.45, 2.75) is 0 Å². The summed E-state index contributed by atoms with van der Waals surface area (Å²) >= 11 is 1.16. The fourth-order valence-electron chi connectivity index (χ4n) is 1.41. The Hall–Kier alpha value is -2.22. The standard InChI is InChI=1S/C11H13N5O2S/c1-16(2)6(17)5-15-10(18)9-7(12)8-11(19-9)14-4-3-13-8/h3-4H,5,12H2,1-2H3,(H,15,18). The second kappa shape index (κ2) is 5.19. The van der Waals surface area contributed by atoms with Crippen LogP contribution in [-0.2, 0) is 4.79 Å². The number of hydrogen-bond acceptors (Lipinski definition) is 6. The number of carbonyl (C=O) groups excluding carboxylic acids is 2. The zero-order valence-electron chi connectivity index (χ0n) is 10.5. The molecule has 8 heteroatoms. The fraction of sp³-hybridized carbons (Fsp3) is 0.273. The first-order valence-electron chi connectivity index (χ1n) is 5.48. The van der Waals surface area contributed by atoms with Crippen LogP contribution in [0.3, 0.4) is 0 Å². The number of likely N-dealkylation sites (N-methyl/N-ethyl adjacent to an activating group) is 1. The lowest BCUT2D eigenvalue weighted by Crippen LogP contribution is -2.36. The number of thiophene rings is 1. The van der Waals surface area contributed by atoms with Gasteiger partial charge in [0.15, 0.2) is 0 Å². The average molecular weight is 279 g/mol. The Morgan fingerprint density at radius 1 is 1.37 bits per heavy atom. The summed E-state index contributed by atoms with van der Waals surface area (Å²) in [5.41, 5.74) is 6.66. The number of amides is 2. The summed E-state index contributed by atoms with van der Waals surface area (Å²) in [6, 6.07) is 0. The molecule has 0 saturated carbocycles. The van der Waals surface area contributed by atoms with Crippen LogP contribution in [0.5, 0.6) is 0 Å². The molecule has 2 amide bonds. The Morgan fingerprint density at radius 3 is 2.68 bits per heavy atom. The predicted molar refractivity (Wildman–Crippen MR) is 72.9 cm³/mol. The van der Waals surface area contributed by atoms with Crippen LogP contribution in [0.1, 0.15) is 9.67 Å². The van der Waals surface area contributed by atoms with Crippen LogP contribution in [0.4, 0.5) is 5.69 Å². The molecule has 0 aliphatic carbocycles. The first-order valence-corrected chi connectivity index (χ1v) is 6.29. The molecule has 0 unspecified atom stereocenters. The molecular formula is C11H13N5O2S. The van der Waals surface area contributed by atoms with Gasteiger partial charge in [-0.1, -0.05) is 0 Å². The molecule has 2 heterocycles. The monoisotopic (exact) mass is 279 g/mol. The second-order valence-electron chi connectivity index (χ2n) is 4.03. The molecule has 19 heavy (non-hydrogen) atoms. The first kappa shape index (κ1) is 13.2. The van der Waals surface area contributed by atoms with E-state index in [0.29, 0.717) is 20.9 Å². The van der Waals surface area contributed by atoms with Crippen molar-refractivity contribution in [1.29, 1.82) is 0 Å². The summed E-state index contributed by atoms with van der Waals surface area (Å²) in [5, 5.41) is 2.53. The molecule has 2 aromatic rings. The maximum absolute atomic E-state index is 12.0. The zero-order chi connectivity index (χ0) is 14.0. The number of anilines is 1. The van der Waals surface area contributed by atoms with Crippen molar-refractivity contribution in [2.24, 2.45) is 0 Å². The number of nitrogens with zero attached hydrogens (tertiary/aromatic N) is 3. The van der Waals surface area contributed by atoms with Crippen LogP contribution in [0.25, 0.3) is 10.3 Å². The largest absolute Gasteiger partial charge is 0.396 e. The Balaban J connectivity index is 2.18. The lowest BCUT2D eigenvalue weighted by molar-refractivity contribution is -0.127. The molecule has 0 saturated heterocycles. The molecule has 0 radical (unpaired) electrons. The van der Waals surface area contributed by atoms with E-state index in [0.717, 1.165) is 11.3 Å². The number of rotatable bonds is 3. The van der Waals surface area contributed by atoms with Crippen molar-refractivity contribution < 1.29 is 9.59 Å². The summed E-state index contributed by atoms with van der Waals surface area (Å²) in [4.78, 5) is 33.8. The zero-order valence-corrected chi connectivity index (χ0v) is 11.3. The number of hydrogen-bond donors (Lipinski definition) is 2. The van der Waals surface area contributed by atoms with Crippen molar-refractivity contribution >= 4 is 39.2 Å². The van der Waals surface area contributed by atoms with Gasteiger partial charge in [-0.25, -0.2) is 9.97 Å². The maximum Gasteiger partial charge on any atom is 0.264 e. The van der Waals surface area contributed by atoms with E-state index in [1.165, 1.54) is 17.3 Å². The van der Waals surface area contributed by atoms with Gasteiger partial charge in [-0.2, -0.15) is 0 Å². The van der Waals surface area contributed by atoms with Crippen LogP contribution in [-0.4, -0.2) is 47.3 Å². The number of carbonyl (C=O) groups is 2. The van der Waals surface area contributed by atoms with Gasteiger partial charge in [0, 0.05) is 26.5 Å². The fourth-order valence-corrected chi connectivity index (χ4v) is 2.34. The Morgan fingerprint density at radius 2 is 2.05 bits per heavy atom. The first-order chi connectivity index (χ1) is 9.00. The lowest BCUT2D eigenvalue weighted by Gasteiger charge is -2.10. The molecule has 0 aliphatic rings. The summed E-state index contributed by atoms with van der Waals surface area (Å²) in [5.74, 6) is -0.582. The quantitative estimate of drug-likeness (QED) is 0.829. The molecule has 2 rings (SSSR count). The van der Waals surface area contributed by atoms with E-state index in [1.807, 2.05) is 0 Å². The highest BCUT2D eigenvalue weighted by molar-refractivity contribution is 7.21. The van der Waals surface area contributed by atoms with Gasteiger partial charge in [0.05, 0.1) is 12.2 Å². The van der Waals surface area contributed by atoms with Crippen LogP contribution in [0, 0.1) is 0 Å². The number of nitrogen functional groups attached to an aromatic ring is 1. The third-order valence-corrected chi connectivity index (χ3v) is 3.57. The molecule has 3 N–H and O–H groups in total. The summed E-state index contributed by atoms with van der Waals surface area (Å²) in [7, 11) is 3.24. The van der Waals surface area contributed by atoms with Crippen molar-refractivity contribution in [3.8, 4) is 0 Å². The van der Waals surface area contributed by atoms with Gasteiger partial charge < -0.3 is 16.0 Å². The number of nitrogens with one attached hydrogen (secondary N) is 1. The van der Waals surface area contributed by atoms with Crippen LogP contribution >= 0.6 is 11.3 Å². The summed E-state index contributed by atoms with van der Waals surface area (Å²) < 4.78 is 0. The van der Waals surface area contributed by atoms with Gasteiger partial charge in [-0.3, -0.25) is 9.59 Å². The second-order valence-corrected chi connectivity index (χ2v) is 5.02. The van der Waals surface area contributed by atoms with E-state index >= 15 is 0 Å². The van der Waals surface area contributed by atoms with E-state index < -0.39 is 5.91 Å². The summed E-state index contributed by atoms with van der Waals surface area (Å²) in [6.07, 6.45) is 3.05. The minimum absolute atomic E-state index is 0.0691. The van der Waals surface area contributed by atoms with Crippen LogP contribution in [0.15, 0.2) is 12.4 Å². The Kier molecular flexibility index (Phi) is 3.61. The van der Waals surface area contributed by atoms with Gasteiger partial charge in [-0.15, -0.1) is 11.3 Å². The molecular weight excluding hydrogens is 266 g/mol. The van der Waals surface area contributed by atoms with E-state index in [2.05, 4.69) is 15.3 Å². The predicted octanol–water partition coefficient (Wildman–Crippen LogP) is 0.0915. The molecule has 0 bridgehead atoms. The van der Waals surface area contributed by atoms with Gasteiger partial charge in [0.1, 0.15) is 15.2 Å². The van der Waals surface area contributed by atoms with Gasteiger partial charge in [0.25, 0.3) is 5.91 Å². The van der Waals surface area contributed by atoms with Gasteiger partial charge in [0.2, 0.25) is 5.91 Å².